The topological polar surface area (TPSA) is 48.2 Å². The van der Waals surface area contributed by atoms with Crippen LogP contribution >= 0.6 is 0 Å². The van der Waals surface area contributed by atoms with Crippen LogP contribution in [0.25, 0.3) is 0 Å². The van der Waals surface area contributed by atoms with E-state index < -0.39 is 0 Å². The summed E-state index contributed by atoms with van der Waals surface area (Å²) in [5.41, 5.74) is 1.13. The van der Waals surface area contributed by atoms with Crippen LogP contribution in [0.15, 0.2) is 34.7 Å². The Bertz CT molecular complexity index is 412. The minimum Gasteiger partial charge on any atom is -0.423 e. The molecule has 0 N–H and O–H groups in total. The number of benzene rings is 1. The number of hydrogen-bond donors (Lipinski definition) is 0. The fourth-order valence-electron chi connectivity index (χ4n) is 1.23. The largest absolute Gasteiger partial charge is 0.423 e. The Balaban J connectivity index is 1.80. The highest BCUT2D eigenvalue weighted by molar-refractivity contribution is 5.13. The van der Waals surface area contributed by atoms with Crippen molar-refractivity contribution in [2.75, 3.05) is 0 Å². The van der Waals surface area contributed by atoms with Crippen LogP contribution in [0.3, 0.4) is 0 Å². The summed E-state index contributed by atoms with van der Waals surface area (Å²) >= 11 is 0. The first-order chi connectivity index (χ1) is 7.34. The molecule has 0 saturated heterocycles. The van der Waals surface area contributed by atoms with E-state index in [-0.39, 0.29) is 0 Å². The fourth-order valence-corrected chi connectivity index (χ4v) is 1.23. The Morgan fingerprint density at radius 2 is 1.93 bits per heavy atom. The van der Waals surface area contributed by atoms with Crippen molar-refractivity contribution in [3.8, 4) is 0 Å². The summed E-state index contributed by atoms with van der Waals surface area (Å²) in [5, 5.41) is 7.55. The average Bonchev–Trinajstić information content (AvgIpc) is 2.66. The lowest BCUT2D eigenvalue weighted by molar-refractivity contribution is 0.0889. The Labute approximate surface area is 87.9 Å². The summed E-state index contributed by atoms with van der Waals surface area (Å²) in [4.78, 5) is 0. The zero-order valence-electron chi connectivity index (χ0n) is 8.51. The highest BCUT2D eigenvalue weighted by Crippen LogP contribution is 2.04. The van der Waals surface area contributed by atoms with E-state index in [2.05, 4.69) is 10.2 Å². The Kier molecular flexibility index (Phi) is 3.09. The predicted octanol–water partition coefficient (Wildman–Crippen LogP) is 2.09. The van der Waals surface area contributed by atoms with Gasteiger partial charge in [-0.2, -0.15) is 0 Å². The predicted molar refractivity (Wildman–Crippen MR) is 54.0 cm³/mol. The number of ether oxygens (including phenoxy) is 1. The maximum atomic E-state index is 5.42. The molecule has 1 aromatic carbocycles. The van der Waals surface area contributed by atoms with Crippen LogP contribution < -0.4 is 0 Å². The Morgan fingerprint density at radius 3 is 2.60 bits per heavy atom. The van der Waals surface area contributed by atoms with Gasteiger partial charge in [0.1, 0.15) is 6.61 Å². The molecule has 78 valence electrons. The van der Waals surface area contributed by atoms with Gasteiger partial charge in [0, 0.05) is 6.92 Å². The summed E-state index contributed by atoms with van der Waals surface area (Å²) in [6, 6.07) is 9.97. The van der Waals surface area contributed by atoms with Crippen LogP contribution in [0.4, 0.5) is 0 Å². The van der Waals surface area contributed by atoms with Crippen molar-refractivity contribution in [1.29, 1.82) is 0 Å². The maximum Gasteiger partial charge on any atom is 0.242 e. The van der Waals surface area contributed by atoms with Gasteiger partial charge in [-0.1, -0.05) is 30.3 Å². The van der Waals surface area contributed by atoms with Crippen molar-refractivity contribution in [3.05, 3.63) is 47.7 Å². The van der Waals surface area contributed by atoms with E-state index in [0.29, 0.717) is 25.0 Å². The molecule has 1 heterocycles. The first-order valence-corrected chi connectivity index (χ1v) is 4.75. The molecule has 2 aromatic rings. The van der Waals surface area contributed by atoms with E-state index in [1.165, 1.54) is 0 Å². The van der Waals surface area contributed by atoms with E-state index in [1.807, 2.05) is 30.3 Å². The SMILES string of the molecule is Cc1nnc(COCc2ccccc2)o1. The molecule has 0 aliphatic carbocycles. The third-order valence-electron chi connectivity index (χ3n) is 1.90. The van der Waals surface area contributed by atoms with Crippen molar-refractivity contribution >= 4 is 0 Å². The average molecular weight is 204 g/mol. The first-order valence-electron chi connectivity index (χ1n) is 4.75. The fraction of sp³-hybridized carbons (Fsp3) is 0.273. The molecular formula is C11H12N2O2. The van der Waals surface area contributed by atoms with E-state index in [9.17, 15) is 0 Å². The molecule has 4 heteroatoms. The summed E-state index contributed by atoms with van der Waals surface area (Å²) in [7, 11) is 0. The molecule has 0 fully saturated rings. The highest BCUT2D eigenvalue weighted by Gasteiger charge is 2.01. The van der Waals surface area contributed by atoms with E-state index in [4.69, 9.17) is 9.15 Å². The smallest absolute Gasteiger partial charge is 0.242 e. The molecule has 0 unspecified atom stereocenters. The first kappa shape index (κ1) is 9.86. The molecule has 0 amide bonds. The number of aryl methyl sites for hydroxylation is 1. The van der Waals surface area contributed by atoms with Gasteiger partial charge in [0.25, 0.3) is 0 Å². The summed E-state index contributed by atoms with van der Waals surface area (Å²) in [5.74, 6) is 1.08. The summed E-state index contributed by atoms with van der Waals surface area (Å²) in [6.45, 7) is 2.67. The van der Waals surface area contributed by atoms with E-state index in [1.54, 1.807) is 6.92 Å². The van der Waals surface area contributed by atoms with Crippen LogP contribution in [-0.2, 0) is 18.0 Å². The number of rotatable bonds is 4. The van der Waals surface area contributed by atoms with Crippen molar-refractivity contribution in [2.24, 2.45) is 0 Å². The number of nitrogens with zero attached hydrogens (tertiary/aromatic N) is 2. The van der Waals surface area contributed by atoms with Gasteiger partial charge in [0.15, 0.2) is 0 Å². The van der Waals surface area contributed by atoms with Gasteiger partial charge in [-0.3, -0.25) is 0 Å². The van der Waals surface area contributed by atoms with Crippen LogP contribution in [0.2, 0.25) is 0 Å². The monoisotopic (exact) mass is 204 g/mol. The van der Waals surface area contributed by atoms with E-state index in [0.717, 1.165) is 5.56 Å². The van der Waals surface area contributed by atoms with Gasteiger partial charge >= 0.3 is 0 Å². The highest BCUT2D eigenvalue weighted by atomic mass is 16.5. The standard InChI is InChI=1S/C11H12N2O2/c1-9-12-13-11(15-9)8-14-7-10-5-3-2-4-6-10/h2-6H,7-8H2,1H3. The lowest BCUT2D eigenvalue weighted by Gasteiger charge is -2.00. The molecule has 2 rings (SSSR count). The molecule has 0 spiro atoms. The van der Waals surface area contributed by atoms with Crippen molar-refractivity contribution in [1.82, 2.24) is 10.2 Å². The third-order valence-corrected chi connectivity index (χ3v) is 1.90. The van der Waals surface area contributed by atoms with Gasteiger partial charge < -0.3 is 9.15 Å². The second-order valence-corrected chi connectivity index (χ2v) is 3.19. The molecule has 0 radical (unpaired) electrons. The number of hydrogen-bond acceptors (Lipinski definition) is 4. The normalized spacial score (nSPS) is 10.5. The van der Waals surface area contributed by atoms with Gasteiger partial charge in [0.05, 0.1) is 6.61 Å². The summed E-state index contributed by atoms with van der Waals surface area (Å²) in [6.07, 6.45) is 0. The van der Waals surface area contributed by atoms with Gasteiger partial charge in [-0.25, -0.2) is 0 Å². The van der Waals surface area contributed by atoms with Crippen LogP contribution in [0, 0.1) is 6.92 Å². The van der Waals surface area contributed by atoms with Gasteiger partial charge in [-0.15, -0.1) is 10.2 Å². The van der Waals surface area contributed by atoms with Crippen molar-refractivity contribution < 1.29 is 9.15 Å². The maximum absolute atomic E-state index is 5.42. The quantitative estimate of drug-likeness (QED) is 0.765. The number of aromatic nitrogens is 2. The molecule has 1 aromatic heterocycles. The molecule has 0 bridgehead atoms. The molecule has 4 nitrogen and oxygen atoms in total. The van der Waals surface area contributed by atoms with Crippen molar-refractivity contribution in [3.63, 3.8) is 0 Å². The van der Waals surface area contributed by atoms with Gasteiger partial charge in [-0.05, 0) is 5.56 Å². The molecule has 0 saturated carbocycles. The van der Waals surface area contributed by atoms with Crippen molar-refractivity contribution in [2.45, 2.75) is 20.1 Å². The molecule has 0 atom stereocenters. The zero-order valence-corrected chi connectivity index (χ0v) is 8.51. The lowest BCUT2D eigenvalue weighted by atomic mass is 10.2. The second kappa shape index (κ2) is 4.70. The lowest BCUT2D eigenvalue weighted by Crippen LogP contribution is -1.94. The third kappa shape index (κ3) is 2.89. The van der Waals surface area contributed by atoms with Gasteiger partial charge in [0.2, 0.25) is 11.8 Å². The minimum atomic E-state index is 0.357. The second-order valence-electron chi connectivity index (χ2n) is 3.19. The van der Waals surface area contributed by atoms with Crippen LogP contribution in [0.5, 0.6) is 0 Å². The van der Waals surface area contributed by atoms with Crippen LogP contribution in [0.1, 0.15) is 17.3 Å². The Morgan fingerprint density at radius 1 is 1.13 bits per heavy atom. The molecular weight excluding hydrogens is 192 g/mol. The Hall–Kier alpha value is -1.68. The summed E-state index contributed by atoms with van der Waals surface area (Å²) < 4.78 is 10.6. The molecule has 0 aliphatic rings. The molecule has 15 heavy (non-hydrogen) atoms. The minimum absolute atomic E-state index is 0.357. The van der Waals surface area contributed by atoms with Crippen LogP contribution in [-0.4, -0.2) is 10.2 Å². The zero-order chi connectivity index (χ0) is 10.5. The molecule has 0 aliphatic heterocycles. The van der Waals surface area contributed by atoms with E-state index >= 15 is 0 Å².